The Bertz CT molecular complexity index is 1060. The lowest BCUT2D eigenvalue weighted by Gasteiger charge is -2.07. The smallest absolute Gasteiger partial charge is 0.322 e. The van der Waals surface area contributed by atoms with E-state index in [1.54, 1.807) is 0 Å². The Balaban J connectivity index is 2.77. The zero-order valence-corrected chi connectivity index (χ0v) is 10.7. The molecule has 2 rings (SSSR count). The Morgan fingerprint density at radius 1 is 1.48 bits per heavy atom. The van der Waals surface area contributed by atoms with E-state index in [-0.39, 0.29) is 5.31 Å². The van der Waals surface area contributed by atoms with E-state index < -0.39 is 82.4 Å². The number of aliphatic carboxylic acids is 1. The number of carboxylic acid groups (broad SMARTS) is 1. The summed E-state index contributed by atoms with van der Waals surface area (Å²) >= 11 is 5.83. The number of hydrogen-bond acceptors (Lipinski definition) is 5. The van der Waals surface area contributed by atoms with Crippen molar-refractivity contribution in [3.8, 4) is 16.9 Å². The molecule has 2 aromatic rings. The van der Waals surface area contributed by atoms with Crippen LogP contribution in [0.1, 0.15) is 20.1 Å². The molecule has 0 saturated carbocycles. The van der Waals surface area contributed by atoms with Gasteiger partial charge in [-0.3, -0.25) is 9.59 Å². The van der Waals surface area contributed by atoms with Crippen LogP contribution < -0.4 is 5.31 Å². The number of nitrogens with one attached hydrogen (secondary N) is 1. The van der Waals surface area contributed by atoms with Crippen molar-refractivity contribution in [1.82, 2.24) is 10.3 Å². The van der Waals surface area contributed by atoms with E-state index in [0.717, 1.165) is 0 Å². The predicted molar refractivity (Wildman–Crippen MR) is 76.3 cm³/mol. The molecule has 0 aliphatic heterocycles. The van der Waals surface area contributed by atoms with E-state index in [1.165, 1.54) is 0 Å². The normalized spacial score (nSPS) is 18.0. The first-order valence-corrected chi connectivity index (χ1v) is 5.60. The predicted octanol–water partition coefficient (Wildman–Crippen LogP) is 1.92. The van der Waals surface area contributed by atoms with Crippen LogP contribution in [-0.4, -0.2) is 35.0 Å². The number of halogens is 1. The molecule has 6 nitrogen and oxygen atoms in total. The summed E-state index contributed by atoms with van der Waals surface area (Å²) in [4.78, 5) is 27.2. The highest BCUT2D eigenvalue weighted by atomic mass is 35.5. The number of aromatic hydroxyl groups is 1. The van der Waals surface area contributed by atoms with Crippen molar-refractivity contribution < 1.29 is 30.8 Å². The van der Waals surface area contributed by atoms with Gasteiger partial charge in [0.25, 0.3) is 8.77 Å². The first-order chi connectivity index (χ1) is 14.4. The van der Waals surface area contributed by atoms with Crippen LogP contribution in [0.5, 0.6) is 5.75 Å². The monoisotopic (exact) mass is 316 g/mol. The molecule has 1 atom stereocenters. The van der Waals surface area contributed by atoms with E-state index in [2.05, 4.69) is 15.2 Å². The molecule has 7 heteroatoms. The Kier molecular flexibility index (Phi) is 1.91. The number of benzene rings is 1. The Morgan fingerprint density at radius 3 is 3.10 bits per heavy atom. The molecule has 3 N–H and O–H groups in total. The van der Waals surface area contributed by atoms with Crippen LogP contribution in [0.2, 0.25) is 6.43 Å². The van der Waals surface area contributed by atoms with Crippen LogP contribution in [0.15, 0.2) is 36.4 Å². The van der Waals surface area contributed by atoms with Crippen LogP contribution in [0.4, 0.5) is 0 Å². The minimum Gasteiger partial charge on any atom is -0.505 e. The van der Waals surface area contributed by atoms with Gasteiger partial charge in [0, 0.05) is 16.8 Å². The Labute approximate surface area is 139 Å². The van der Waals surface area contributed by atoms with Gasteiger partial charge in [-0.25, -0.2) is 4.98 Å². The topological polar surface area (TPSA) is 99.5 Å². The van der Waals surface area contributed by atoms with Gasteiger partial charge in [-0.1, -0.05) is 23.7 Å². The Morgan fingerprint density at radius 2 is 2.33 bits per heavy atom. The standard InChI is InChI=1S/C14H11ClN2O4/c15-10-3-1-2-8(4-10)9-5-11(18)13(16-6-9)14(21)17-7-12(19)20/h1-6,18H,7H2,(H,17,21)(H,19,20)/i1D,2D,3D,4D,5D,6D,7D/hD3. The maximum Gasteiger partial charge on any atom is 0.322 e. The molecule has 0 radical (unpaired) electrons. The zero-order chi connectivity index (χ0) is 23.8. The summed E-state index contributed by atoms with van der Waals surface area (Å²) in [6, 6.07) is -3.62. The van der Waals surface area contributed by atoms with Crippen molar-refractivity contribution >= 4 is 23.5 Å². The van der Waals surface area contributed by atoms with E-state index in [0.29, 0.717) is 0 Å². The van der Waals surface area contributed by atoms with Gasteiger partial charge in [-0.2, -0.15) is 0 Å². The average Bonchev–Trinajstić information content (AvgIpc) is 2.75. The molecule has 0 aliphatic carbocycles. The van der Waals surface area contributed by atoms with Gasteiger partial charge >= 0.3 is 5.97 Å². The second kappa shape index (κ2) is 6.23. The highest BCUT2D eigenvalue weighted by Crippen LogP contribution is 2.26. The fourth-order valence-corrected chi connectivity index (χ4v) is 1.39. The lowest BCUT2D eigenvalue weighted by molar-refractivity contribution is -0.135. The second-order valence-corrected chi connectivity index (χ2v) is 3.85. The molecule has 0 saturated heterocycles. The van der Waals surface area contributed by atoms with Gasteiger partial charge in [0.2, 0.25) is 0 Å². The molecular formula is C14H11ClN2O4. The third-order valence-corrected chi connectivity index (χ3v) is 2.26. The number of aromatic nitrogens is 1. The summed E-state index contributed by atoms with van der Waals surface area (Å²) in [5.74, 6) is -4.06. The highest BCUT2D eigenvalue weighted by Gasteiger charge is 2.14. The van der Waals surface area contributed by atoms with E-state index >= 15 is 0 Å². The molecule has 0 spiro atoms. The van der Waals surface area contributed by atoms with Gasteiger partial charge in [0.15, 0.2) is 7.11 Å². The molecule has 0 aliphatic rings. The second-order valence-electron chi connectivity index (χ2n) is 3.47. The fraction of sp³-hybridized carbons (Fsp3) is 0.0714. The van der Waals surface area contributed by atoms with Crippen LogP contribution in [0.25, 0.3) is 12.6 Å². The van der Waals surface area contributed by atoms with Crippen molar-refractivity contribution in [3.05, 3.63) is 47.1 Å². The first kappa shape index (κ1) is 6.44. The van der Waals surface area contributed by atoms with Crippen molar-refractivity contribution in [2.24, 2.45) is 0 Å². The summed E-state index contributed by atoms with van der Waals surface area (Å²) in [6.07, 6.45) is -0.901. The van der Waals surface area contributed by atoms with Crippen LogP contribution >= 0.6 is 11.6 Å². The van der Waals surface area contributed by atoms with Crippen LogP contribution in [-0.2, 0) is 4.79 Å². The highest BCUT2D eigenvalue weighted by molar-refractivity contribution is 6.30. The van der Waals surface area contributed by atoms with Crippen molar-refractivity contribution in [1.29, 1.82) is 2.86 Å². The summed E-state index contributed by atoms with van der Waals surface area (Å²) in [6.45, 7) is -2.32. The van der Waals surface area contributed by atoms with Gasteiger partial charge in [0.05, 0.1) is 9.60 Å². The molecule has 1 aromatic carbocycles. The van der Waals surface area contributed by atoms with Gasteiger partial charge in [-0.05, 0) is 23.7 Å². The largest absolute Gasteiger partial charge is 0.505 e. The summed E-state index contributed by atoms with van der Waals surface area (Å²) < 4.78 is 76.2. The molecule has 0 fully saturated rings. The minimum absolute atomic E-state index is 0.278. The molecule has 1 unspecified atom stereocenters. The number of carboxylic acids is 1. The van der Waals surface area contributed by atoms with Crippen molar-refractivity contribution in [2.45, 2.75) is 0 Å². The van der Waals surface area contributed by atoms with Gasteiger partial charge in [0.1, 0.15) is 12.3 Å². The van der Waals surface area contributed by atoms with Gasteiger partial charge < -0.3 is 15.5 Å². The number of hydrogen-bond donors (Lipinski definition) is 3. The quantitative estimate of drug-likeness (QED) is 0.782. The molecule has 1 amide bonds. The maximum absolute atomic E-state index is 12.4. The minimum atomic E-state index is -2.32. The van der Waals surface area contributed by atoms with E-state index in [9.17, 15) is 9.59 Å². The van der Waals surface area contributed by atoms with Gasteiger partial charge in [-0.15, -0.1) is 0 Å². The average molecular weight is 317 g/mol. The Hall–Kier alpha value is -2.60. The third-order valence-electron chi connectivity index (χ3n) is 2.07. The maximum atomic E-state index is 12.4. The SMILES string of the molecule is [2H]OC(=O)C([2H])N([2H])C(=O)c1nc([2H])c(-c2c([2H])c([2H])c([2H])c(Cl)c2[2H])c([2H])c1O[2H]. The lowest BCUT2D eigenvalue weighted by atomic mass is 10.1. The number of amides is 1. The summed E-state index contributed by atoms with van der Waals surface area (Å²) in [5, 5.41) is 6.93. The first-order valence-electron chi connectivity index (χ1n) is 10.1. The molecule has 1 heterocycles. The number of nitrogens with zero attached hydrogens (tertiary/aromatic N) is 1. The van der Waals surface area contributed by atoms with Crippen LogP contribution in [0.3, 0.4) is 0 Å². The number of pyridine rings is 1. The number of rotatable bonds is 5. The molecule has 0 bridgehead atoms. The third kappa shape index (κ3) is 3.70. The summed E-state index contributed by atoms with van der Waals surface area (Å²) in [5.41, 5.74) is -2.12. The fourth-order valence-electron chi connectivity index (χ4n) is 1.24. The van der Waals surface area contributed by atoms with Crippen molar-refractivity contribution in [3.63, 3.8) is 0 Å². The molecular weight excluding hydrogens is 296 g/mol. The van der Waals surface area contributed by atoms with Crippen molar-refractivity contribution in [2.75, 3.05) is 6.52 Å². The molecule has 108 valence electrons. The summed E-state index contributed by atoms with van der Waals surface area (Å²) in [7, 11) is 0. The zero-order valence-electron chi connectivity index (χ0n) is 20.0. The molecule has 21 heavy (non-hydrogen) atoms. The molecule has 1 aromatic heterocycles. The lowest BCUT2D eigenvalue weighted by Crippen LogP contribution is -2.29. The number of carbonyl (C=O) groups excluding carboxylic acids is 1. The van der Waals surface area contributed by atoms with Crippen LogP contribution in [0, 0.1) is 0 Å². The van der Waals surface area contributed by atoms with E-state index in [4.69, 9.17) is 25.5 Å². The van der Waals surface area contributed by atoms with E-state index in [1.807, 2.05) is 0 Å². The number of carbonyl (C=O) groups is 2.